The van der Waals surface area contributed by atoms with Crippen LogP contribution in [0.15, 0.2) is 30.4 Å². The summed E-state index contributed by atoms with van der Waals surface area (Å²) < 4.78 is 10.3. The van der Waals surface area contributed by atoms with Crippen LogP contribution in [-0.4, -0.2) is 13.1 Å². The van der Waals surface area contributed by atoms with Gasteiger partial charge in [0.15, 0.2) is 0 Å². The quantitative estimate of drug-likeness (QED) is 0.517. The molecule has 0 fully saturated rings. The van der Waals surface area contributed by atoms with Crippen LogP contribution < -0.4 is 0 Å². The van der Waals surface area contributed by atoms with Gasteiger partial charge >= 0.3 is 5.97 Å². The summed E-state index contributed by atoms with van der Waals surface area (Å²) >= 11 is 0. The lowest BCUT2D eigenvalue weighted by atomic mass is 9.95. The summed E-state index contributed by atoms with van der Waals surface area (Å²) in [7, 11) is 1.39. The molecule has 76 valence electrons. The van der Waals surface area contributed by atoms with Crippen LogP contribution in [0.25, 0.3) is 0 Å². The van der Waals surface area contributed by atoms with E-state index in [4.69, 9.17) is 4.74 Å². The molecular formula is C12H10O3. The van der Waals surface area contributed by atoms with Gasteiger partial charge in [0.1, 0.15) is 12.2 Å². The van der Waals surface area contributed by atoms with Crippen LogP contribution in [-0.2, 0) is 9.47 Å². The lowest BCUT2D eigenvalue weighted by Gasteiger charge is -2.08. The minimum atomic E-state index is -0.301. The molecule has 2 unspecified atom stereocenters. The second-order valence-electron chi connectivity index (χ2n) is 3.70. The highest BCUT2D eigenvalue weighted by atomic mass is 16.5. The highest BCUT2D eigenvalue weighted by Gasteiger charge is 2.33. The molecule has 1 aromatic rings. The molecule has 3 heteroatoms. The smallest absolute Gasteiger partial charge is 0.337 e. The maximum absolute atomic E-state index is 11.3. The van der Waals surface area contributed by atoms with Crippen molar-refractivity contribution < 1.29 is 14.3 Å². The van der Waals surface area contributed by atoms with Gasteiger partial charge in [0.05, 0.1) is 12.7 Å². The second-order valence-corrected chi connectivity index (χ2v) is 3.70. The Bertz CT molecular complexity index is 462. The van der Waals surface area contributed by atoms with Crippen LogP contribution >= 0.6 is 0 Å². The average Bonchev–Trinajstić information content (AvgIpc) is 2.88. The summed E-state index contributed by atoms with van der Waals surface area (Å²) in [6.07, 6.45) is 4.17. The van der Waals surface area contributed by atoms with Crippen LogP contribution in [0, 0.1) is 0 Å². The maximum Gasteiger partial charge on any atom is 0.337 e. The van der Waals surface area contributed by atoms with Gasteiger partial charge in [-0.15, -0.1) is 0 Å². The fourth-order valence-corrected chi connectivity index (χ4v) is 2.13. The van der Waals surface area contributed by atoms with Crippen molar-refractivity contribution in [2.24, 2.45) is 0 Å². The Morgan fingerprint density at radius 3 is 2.73 bits per heavy atom. The molecule has 2 bridgehead atoms. The van der Waals surface area contributed by atoms with Gasteiger partial charge in [0.2, 0.25) is 0 Å². The van der Waals surface area contributed by atoms with E-state index in [2.05, 4.69) is 4.74 Å². The van der Waals surface area contributed by atoms with E-state index >= 15 is 0 Å². The third kappa shape index (κ3) is 1.13. The molecule has 2 aliphatic heterocycles. The van der Waals surface area contributed by atoms with E-state index in [0.717, 1.165) is 11.1 Å². The normalized spacial score (nSPS) is 25.4. The van der Waals surface area contributed by atoms with E-state index in [0.29, 0.717) is 5.56 Å². The average molecular weight is 202 g/mol. The lowest BCUT2D eigenvalue weighted by Crippen LogP contribution is -2.03. The molecule has 3 rings (SSSR count). The van der Waals surface area contributed by atoms with Crippen molar-refractivity contribution >= 4 is 5.97 Å². The molecule has 2 atom stereocenters. The number of fused-ring (bicyclic) bond motifs is 5. The van der Waals surface area contributed by atoms with Crippen molar-refractivity contribution in [1.29, 1.82) is 0 Å². The number of hydrogen-bond acceptors (Lipinski definition) is 3. The van der Waals surface area contributed by atoms with Gasteiger partial charge in [-0.05, 0) is 23.3 Å². The van der Waals surface area contributed by atoms with E-state index in [-0.39, 0.29) is 18.2 Å². The zero-order chi connectivity index (χ0) is 10.4. The number of methoxy groups -OCH3 is 1. The van der Waals surface area contributed by atoms with Crippen LogP contribution in [0.3, 0.4) is 0 Å². The molecular weight excluding hydrogens is 192 g/mol. The first-order valence-electron chi connectivity index (χ1n) is 4.85. The van der Waals surface area contributed by atoms with Crippen molar-refractivity contribution in [3.63, 3.8) is 0 Å². The standard InChI is InChI=1S/C12H10O3/c1-14-12(13)7-2-3-8-9(6-7)11-5-4-10(8)15-11/h2-6,10-11H,1H3. The number of carbonyl (C=O) groups is 1. The van der Waals surface area contributed by atoms with Crippen molar-refractivity contribution in [3.05, 3.63) is 47.0 Å². The molecule has 0 saturated carbocycles. The minimum absolute atomic E-state index is 0.0228. The van der Waals surface area contributed by atoms with Crippen molar-refractivity contribution in [1.82, 2.24) is 0 Å². The molecule has 3 nitrogen and oxygen atoms in total. The number of benzene rings is 1. The molecule has 0 aromatic heterocycles. The molecule has 15 heavy (non-hydrogen) atoms. The van der Waals surface area contributed by atoms with Crippen molar-refractivity contribution in [2.45, 2.75) is 12.2 Å². The Morgan fingerprint density at radius 2 is 2.00 bits per heavy atom. The second kappa shape index (κ2) is 2.94. The van der Waals surface area contributed by atoms with Crippen LogP contribution in [0.4, 0.5) is 0 Å². The maximum atomic E-state index is 11.3. The molecule has 0 amide bonds. The molecule has 0 radical (unpaired) electrons. The Labute approximate surface area is 87.3 Å². The van der Waals surface area contributed by atoms with E-state index in [1.54, 1.807) is 6.07 Å². The Kier molecular flexibility index (Phi) is 1.70. The predicted octanol–water partition coefficient (Wildman–Crippen LogP) is 2.16. The van der Waals surface area contributed by atoms with Gasteiger partial charge in [0.25, 0.3) is 0 Å². The highest BCUT2D eigenvalue weighted by Crippen LogP contribution is 2.45. The van der Waals surface area contributed by atoms with Crippen LogP contribution in [0.2, 0.25) is 0 Å². The largest absolute Gasteiger partial charge is 0.465 e. The predicted molar refractivity (Wildman–Crippen MR) is 53.5 cm³/mol. The summed E-state index contributed by atoms with van der Waals surface area (Å²) in [4.78, 5) is 11.3. The van der Waals surface area contributed by atoms with Crippen LogP contribution in [0.1, 0.15) is 33.7 Å². The van der Waals surface area contributed by atoms with Crippen LogP contribution in [0.5, 0.6) is 0 Å². The van der Waals surface area contributed by atoms with Gasteiger partial charge < -0.3 is 9.47 Å². The molecule has 2 aliphatic rings. The summed E-state index contributed by atoms with van der Waals surface area (Å²) in [5.74, 6) is -0.301. The zero-order valence-electron chi connectivity index (χ0n) is 8.27. The highest BCUT2D eigenvalue weighted by molar-refractivity contribution is 5.89. The first-order chi connectivity index (χ1) is 7.29. The zero-order valence-corrected chi connectivity index (χ0v) is 8.27. The number of esters is 1. The van der Waals surface area contributed by atoms with Gasteiger partial charge in [-0.3, -0.25) is 0 Å². The monoisotopic (exact) mass is 202 g/mol. The SMILES string of the molecule is COC(=O)c1ccc2c(c1)C1C=CC2O1. The van der Waals surface area contributed by atoms with Crippen molar-refractivity contribution in [3.8, 4) is 0 Å². The first-order valence-corrected chi connectivity index (χ1v) is 4.85. The topological polar surface area (TPSA) is 35.5 Å². The fraction of sp³-hybridized carbons (Fsp3) is 0.250. The first kappa shape index (κ1) is 8.68. The summed E-state index contributed by atoms with van der Waals surface area (Å²) in [6.45, 7) is 0. The molecule has 1 aromatic carbocycles. The number of carbonyl (C=O) groups excluding carboxylic acids is 1. The Balaban J connectivity index is 2.06. The molecule has 0 saturated heterocycles. The molecule has 2 heterocycles. The van der Waals surface area contributed by atoms with E-state index in [9.17, 15) is 4.79 Å². The van der Waals surface area contributed by atoms with Gasteiger partial charge in [-0.1, -0.05) is 18.2 Å². The lowest BCUT2D eigenvalue weighted by molar-refractivity contribution is 0.0600. The van der Waals surface area contributed by atoms with Crippen molar-refractivity contribution in [2.75, 3.05) is 7.11 Å². The van der Waals surface area contributed by atoms with Gasteiger partial charge in [-0.2, -0.15) is 0 Å². The molecule has 0 aliphatic carbocycles. The number of ether oxygens (including phenoxy) is 2. The molecule has 0 N–H and O–H groups in total. The summed E-state index contributed by atoms with van der Waals surface area (Å²) in [6, 6.07) is 5.58. The van der Waals surface area contributed by atoms with E-state index in [1.165, 1.54) is 7.11 Å². The number of rotatable bonds is 1. The van der Waals surface area contributed by atoms with Gasteiger partial charge in [0, 0.05) is 0 Å². The Hall–Kier alpha value is -1.61. The fourth-order valence-electron chi connectivity index (χ4n) is 2.13. The molecule has 0 spiro atoms. The Morgan fingerprint density at radius 1 is 1.27 bits per heavy atom. The van der Waals surface area contributed by atoms with E-state index < -0.39 is 0 Å². The third-order valence-electron chi connectivity index (χ3n) is 2.87. The minimum Gasteiger partial charge on any atom is -0.465 e. The summed E-state index contributed by atoms with van der Waals surface area (Å²) in [5, 5.41) is 0. The third-order valence-corrected chi connectivity index (χ3v) is 2.87. The number of hydrogen-bond donors (Lipinski definition) is 0. The summed E-state index contributed by atoms with van der Waals surface area (Å²) in [5.41, 5.74) is 2.83. The van der Waals surface area contributed by atoms with Gasteiger partial charge in [-0.25, -0.2) is 4.79 Å². The van der Waals surface area contributed by atoms with E-state index in [1.807, 2.05) is 24.3 Å².